The summed E-state index contributed by atoms with van der Waals surface area (Å²) in [6.45, 7) is 0. The smallest absolute Gasteiger partial charge is 0.225 e. The van der Waals surface area contributed by atoms with Crippen LogP contribution in [-0.4, -0.2) is 14.3 Å². The summed E-state index contributed by atoms with van der Waals surface area (Å²) in [6, 6.07) is 12.0. The first-order valence-corrected chi connectivity index (χ1v) is 8.81. The molecule has 2 aromatic rings. The number of halogens is 3. The van der Waals surface area contributed by atoms with Crippen molar-refractivity contribution >= 4 is 32.8 Å². The zero-order valence-electron chi connectivity index (χ0n) is 12.2. The summed E-state index contributed by atoms with van der Waals surface area (Å²) in [7, 11) is -3.83. The van der Waals surface area contributed by atoms with Gasteiger partial charge in [0, 0.05) is 5.02 Å². The van der Waals surface area contributed by atoms with Gasteiger partial charge < -0.3 is 0 Å². The number of allylic oxidation sites excluding steroid dienone is 4. The third kappa shape index (κ3) is 3.40. The fourth-order valence-electron chi connectivity index (χ4n) is 2.51. The Hall–Kier alpha value is -2.02. The molecule has 2 N–H and O–H groups in total. The molecule has 0 fully saturated rings. The number of rotatable bonds is 3. The minimum atomic E-state index is -3.83. The minimum absolute atomic E-state index is 0.0753. The molecule has 24 heavy (non-hydrogen) atoms. The first-order valence-electron chi connectivity index (χ1n) is 6.89. The molecular weight excluding hydrogens is 356 g/mol. The Morgan fingerprint density at radius 1 is 0.833 bits per heavy atom. The molecule has 0 spiro atoms. The largest absolute Gasteiger partial charge is 0.286 e. The topological polar surface area (TPSA) is 60.2 Å². The molecule has 2 aromatic carbocycles. The quantitative estimate of drug-likeness (QED) is 0.887. The fraction of sp³-hybridized carbons (Fsp3) is 0.0588. The van der Waals surface area contributed by atoms with Crippen molar-refractivity contribution in [3.05, 3.63) is 76.8 Å². The summed E-state index contributed by atoms with van der Waals surface area (Å²) in [5.41, 5.74) is 1.75. The van der Waals surface area contributed by atoms with Crippen LogP contribution < -0.4 is 5.14 Å². The minimum Gasteiger partial charge on any atom is -0.225 e. The van der Waals surface area contributed by atoms with Crippen molar-refractivity contribution in [3.63, 3.8) is 0 Å². The van der Waals surface area contributed by atoms with Crippen molar-refractivity contribution in [1.29, 1.82) is 0 Å². The van der Waals surface area contributed by atoms with E-state index in [1.807, 2.05) is 0 Å². The van der Waals surface area contributed by atoms with Crippen molar-refractivity contribution in [2.45, 2.75) is 10.8 Å². The lowest BCUT2D eigenvalue weighted by atomic mass is 9.95. The van der Waals surface area contributed by atoms with Gasteiger partial charge in [-0.2, -0.15) is 8.78 Å². The van der Waals surface area contributed by atoms with Crippen LogP contribution in [0.2, 0.25) is 5.02 Å². The van der Waals surface area contributed by atoms with Gasteiger partial charge in [-0.25, -0.2) is 13.6 Å². The number of hydrogen-bond acceptors (Lipinski definition) is 2. The predicted octanol–water partition coefficient (Wildman–Crippen LogP) is 4.10. The predicted molar refractivity (Wildman–Crippen MR) is 90.2 cm³/mol. The van der Waals surface area contributed by atoms with Crippen molar-refractivity contribution in [3.8, 4) is 0 Å². The normalized spacial score (nSPS) is 16.7. The second-order valence-corrected chi connectivity index (χ2v) is 7.36. The Labute approximate surface area is 143 Å². The first kappa shape index (κ1) is 16.8. The zero-order chi connectivity index (χ0) is 17.5. The lowest BCUT2D eigenvalue weighted by molar-refractivity contribution is 0.115. The summed E-state index contributed by atoms with van der Waals surface area (Å²) < 4.78 is 50.3. The van der Waals surface area contributed by atoms with Crippen LogP contribution in [0, 0.1) is 0 Å². The molecule has 3 rings (SSSR count). The molecule has 0 unspecified atom stereocenters. The molecule has 0 saturated carbocycles. The van der Waals surface area contributed by atoms with Gasteiger partial charge in [0.1, 0.15) is 0 Å². The highest BCUT2D eigenvalue weighted by Gasteiger charge is 2.33. The van der Waals surface area contributed by atoms with Gasteiger partial charge in [-0.15, -0.1) is 0 Å². The van der Waals surface area contributed by atoms with Crippen LogP contribution in [0.4, 0.5) is 8.78 Å². The number of sulfonamides is 1. The summed E-state index contributed by atoms with van der Waals surface area (Å²) in [5, 5.41) is 5.56. The van der Waals surface area contributed by atoms with E-state index >= 15 is 0 Å². The average molecular weight is 368 g/mol. The van der Waals surface area contributed by atoms with Gasteiger partial charge in [-0.1, -0.05) is 35.9 Å². The summed E-state index contributed by atoms with van der Waals surface area (Å²) >= 11 is 5.84. The number of alkyl halides is 2. The lowest BCUT2D eigenvalue weighted by Crippen LogP contribution is -2.11. The van der Waals surface area contributed by atoms with Gasteiger partial charge in [-0.3, -0.25) is 0 Å². The Balaban J connectivity index is 2.05. The maximum atomic E-state index is 13.9. The Morgan fingerprint density at radius 2 is 1.25 bits per heavy atom. The van der Waals surface area contributed by atoms with Crippen LogP contribution in [0.5, 0.6) is 0 Å². The maximum Gasteiger partial charge on any atom is 0.286 e. The van der Waals surface area contributed by atoms with E-state index in [1.165, 1.54) is 24.3 Å². The van der Waals surface area contributed by atoms with Crippen LogP contribution in [0.15, 0.2) is 65.6 Å². The second kappa shape index (κ2) is 5.81. The molecule has 7 heteroatoms. The van der Waals surface area contributed by atoms with Gasteiger partial charge in [-0.05, 0) is 58.7 Å². The number of nitrogens with two attached hydrogens (primary N) is 1. The van der Waals surface area contributed by atoms with Gasteiger partial charge in [0.25, 0.3) is 5.92 Å². The van der Waals surface area contributed by atoms with Crippen molar-refractivity contribution < 1.29 is 17.2 Å². The molecule has 1 aliphatic rings. The Bertz CT molecular complexity index is 947. The Morgan fingerprint density at radius 3 is 1.67 bits per heavy atom. The number of hydrogen-bond donors (Lipinski definition) is 1. The highest BCUT2D eigenvalue weighted by molar-refractivity contribution is 7.89. The molecule has 0 heterocycles. The summed E-state index contributed by atoms with van der Waals surface area (Å²) in [4.78, 5) is -0.0753. The molecule has 0 saturated heterocycles. The van der Waals surface area contributed by atoms with Crippen LogP contribution >= 0.6 is 11.6 Å². The van der Waals surface area contributed by atoms with E-state index in [0.717, 1.165) is 12.2 Å². The van der Waals surface area contributed by atoms with Crippen LogP contribution in [0.1, 0.15) is 11.1 Å². The molecule has 0 atom stereocenters. The van der Waals surface area contributed by atoms with E-state index in [9.17, 15) is 17.2 Å². The van der Waals surface area contributed by atoms with Gasteiger partial charge in [0.05, 0.1) is 4.90 Å². The molecule has 0 amide bonds. The van der Waals surface area contributed by atoms with E-state index in [-0.39, 0.29) is 4.90 Å². The number of primary sulfonamides is 1. The van der Waals surface area contributed by atoms with E-state index < -0.39 is 15.9 Å². The van der Waals surface area contributed by atoms with E-state index in [0.29, 0.717) is 27.3 Å². The highest BCUT2D eigenvalue weighted by Crippen LogP contribution is 2.42. The van der Waals surface area contributed by atoms with Gasteiger partial charge in [0.2, 0.25) is 10.0 Å². The monoisotopic (exact) mass is 367 g/mol. The molecule has 0 bridgehead atoms. The summed E-state index contributed by atoms with van der Waals surface area (Å²) in [6.07, 6.45) is 1.72. The molecular formula is C17H12ClF2NO2S. The summed E-state index contributed by atoms with van der Waals surface area (Å²) in [5.74, 6) is -3.08. The number of benzene rings is 2. The highest BCUT2D eigenvalue weighted by atomic mass is 35.5. The third-order valence-electron chi connectivity index (χ3n) is 3.61. The fourth-order valence-corrected chi connectivity index (χ4v) is 3.15. The van der Waals surface area contributed by atoms with Crippen LogP contribution in [0.25, 0.3) is 11.1 Å². The SMILES string of the molecule is NS(=O)(=O)c1ccc(C2=CC(F)(F)C=C2c2ccc(Cl)cc2)cc1. The molecule has 124 valence electrons. The molecule has 3 nitrogen and oxygen atoms in total. The maximum absolute atomic E-state index is 13.9. The lowest BCUT2D eigenvalue weighted by Gasteiger charge is -2.10. The van der Waals surface area contributed by atoms with Crippen molar-refractivity contribution in [1.82, 2.24) is 0 Å². The standard InChI is InChI=1S/C17H12ClF2NO2S/c18-13-5-1-11(2-6-13)15-9-17(19,20)10-16(15)12-3-7-14(8-4-12)24(21,22)23/h1-10H,(H2,21,22,23). The van der Waals surface area contributed by atoms with E-state index in [2.05, 4.69) is 0 Å². The van der Waals surface area contributed by atoms with E-state index in [4.69, 9.17) is 16.7 Å². The molecule has 1 aliphatic carbocycles. The van der Waals surface area contributed by atoms with Crippen LogP contribution in [-0.2, 0) is 10.0 Å². The van der Waals surface area contributed by atoms with Crippen molar-refractivity contribution in [2.24, 2.45) is 5.14 Å². The van der Waals surface area contributed by atoms with Gasteiger partial charge >= 0.3 is 0 Å². The third-order valence-corrected chi connectivity index (χ3v) is 4.79. The van der Waals surface area contributed by atoms with E-state index in [1.54, 1.807) is 24.3 Å². The molecule has 0 radical (unpaired) electrons. The van der Waals surface area contributed by atoms with Crippen molar-refractivity contribution in [2.75, 3.05) is 0 Å². The molecule has 0 aromatic heterocycles. The average Bonchev–Trinajstić information content (AvgIpc) is 2.83. The zero-order valence-corrected chi connectivity index (χ0v) is 13.8. The van der Waals surface area contributed by atoms with Crippen LogP contribution in [0.3, 0.4) is 0 Å². The second-order valence-electron chi connectivity index (χ2n) is 5.37. The van der Waals surface area contributed by atoms with Gasteiger partial charge in [0.15, 0.2) is 0 Å². The Kier molecular flexibility index (Phi) is 4.07. The first-order chi connectivity index (χ1) is 11.2. The molecule has 0 aliphatic heterocycles.